The first kappa shape index (κ1) is 17.9. The van der Waals surface area contributed by atoms with Crippen LogP contribution in [0.1, 0.15) is 24.5 Å². The predicted molar refractivity (Wildman–Crippen MR) is 97.2 cm³/mol. The van der Waals surface area contributed by atoms with E-state index in [1.54, 1.807) is 24.3 Å². The smallest absolute Gasteiger partial charge is 0.342 e. The zero-order valence-electron chi connectivity index (χ0n) is 14.2. The predicted octanol–water partition coefficient (Wildman–Crippen LogP) is 3.37. The van der Waals surface area contributed by atoms with Crippen LogP contribution in [0.5, 0.6) is 0 Å². The van der Waals surface area contributed by atoms with Gasteiger partial charge in [-0.15, -0.1) is 0 Å². The molecule has 2 unspecified atom stereocenters. The molecule has 2 aromatic rings. The van der Waals surface area contributed by atoms with Crippen molar-refractivity contribution in [2.24, 2.45) is 0 Å². The maximum atomic E-state index is 12.4. The third-order valence-corrected chi connectivity index (χ3v) is 4.81. The zero-order chi connectivity index (χ0) is 17.9. The van der Waals surface area contributed by atoms with Crippen LogP contribution in [0.4, 0.5) is 0 Å². The summed E-state index contributed by atoms with van der Waals surface area (Å²) in [5, 5.41) is 11.1. The molecule has 132 valence electrons. The summed E-state index contributed by atoms with van der Waals surface area (Å²) >= 11 is 5.86. The minimum Gasteiger partial charge on any atom is -0.459 e. The van der Waals surface area contributed by atoms with Gasteiger partial charge in [-0.05, 0) is 36.6 Å². The van der Waals surface area contributed by atoms with E-state index in [0.29, 0.717) is 17.1 Å². The number of esters is 1. The number of aliphatic hydroxyl groups is 1. The molecule has 1 aliphatic rings. The maximum absolute atomic E-state index is 12.4. The fraction of sp³-hybridized carbons (Fsp3) is 0.350. The van der Waals surface area contributed by atoms with Crippen molar-refractivity contribution < 1.29 is 14.6 Å². The van der Waals surface area contributed by atoms with Crippen molar-refractivity contribution in [2.75, 3.05) is 13.1 Å². The number of carbonyl (C=O) groups excluding carboxylic acids is 1. The van der Waals surface area contributed by atoms with Crippen molar-refractivity contribution in [3.63, 3.8) is 0 Å². The number of hydrogen-bond donors (Lipinski definition) is 1. The lowest BCUT2D eigenvalue weighted by Crippen LogP contribution is -2.37. The fourth-order valence-electron chi connectivity index (χ4n) is 3.04. The van der Waals surface area contributed by atoms with E-state index in [2.05, 4.69) is 17.0 Å². The van der Waals surface area contributed by atoms with Gasteiger partial charge in [-0.3, -0.25) is 4.90 Å². The number of carbonyl (C=O) groups is 1. The summed E-state index contributed by atoms with van der Waals surface area (Å²) in [7, 11) is 0. The summed E-state index contributed by atoms with van der Waals surface area (Å²) in [5.41, 5.74) is 0.0286. The number of benzene rings is 2. The van der Waals surface area contributed by atoms with E-state index < -0.39 is 11.6 Å². The molecule has 25 heavy (non-hydrogen) atoms. The van der Waals surface area contributed by atoms with Crippen molar-refractivity contribution in [1.29, 1.82) is 0 Å². The second-order valence-electron chi connectivity index (χ2n) is 6.62. The standard InChI is InChI=1S/C20H22ClNO3/c1-20(24,16-7-9-17(21)10-8-16)19(23)25-18-11-12-22(14-18)13-15-5-3-2-4-6-15/h2-10,18,24H,11-14H2,1H3. The van der Waals surface area contributed by atoms with Crippen LogP contribution in [0.25, 0.3) is 0 Å². The molecule has 0 radical (unpaired) electrons. The van der Waals surface area contributed by atoms with Gasteiger partial charge in [-0.2, -0.15) is 0 Å². The molecule has 0 saturated carbocycles. The topological polar surface area (TPSA) is 49.8 Å². The Morgan fingerprint density at radius 2 is 1.92 bits per heavy atom. The highest BCUT2D eigenvalue weighted by Crippen LogP contribution is 2.26. The number of ether oxygens (including phenoxy) is 1. The lowest BCUT2D eigenvalue weighted by atomic mass is 9.96. The van der Waals surface area contributed by atoms with Gasteiger partial charge in [-0.25, -0.2) is 4.79 Å². The summed E-state index contributed by atoms with van der Waals surface area (Å²) in [6.07, 6.45) is 0.574. The summed E-state index contributed by atoms with van der Waals surface area (Å²) in [6.45, 7) is 3.84. The molecule has 2 aromatic carbocycles. The zero-order valence-corrected chi connectivity index (χ0v) is 14.9. The van der Waals surface area contributed by atoms with Crippen molar-refractivity contribution in [1.82, 2.24) is 4.90 Å². The molecular formula is C20H22ClNO3. The van der Waals surface area contributed by atoms with Crippen LogP contribution in [0.15, 0.2) is 54.6 Å². The quantitative estimate of drug-likeness (QED) is 0.832. The molecule has 3 rings (SSSR count). The Balaban J connectivity index is 1.57. The van der Waals surface area contributed by atoms with E-state index in [0.717, 1.165) is 19.5 Å². The van der Waals surface area contributed by atoms with Crippen LogP contribution in [0.2, 0.25) is 5.02 Å². The molecule has 1 aliphatic heterocycles. The van der Waals surface area contributed by atoms with Gasteiger partial charge < -0.3 is 9.84 Å². The summed E-state index contributed by atoms with van der Waals surface area (Å²) in [4.78, 5) is 14.7. The fourth-order valence-corrected chi connectivity index (χ4v) is 3.16. The number of nitrogens with zero attached hydrogens (tertiary/aromatic N) is 1. The highest BCUT2D eigenvalue weighted by atomic mass is 35.5. The van der Waals surface area contributed by atoms with Crippen LogP contribution in [0.3, 0.4) is 0 Å². The molecule has 1 saturated heterocycles. The lowest BCUT2D eigenvalue weighted by molar-refractivity contribution is -0.169. The van der Waals surface area contributed by atoms with E-state index >= 15 is 0 Å². The van der Waals surface area contributed by atoms with Gasteiger partial charge in [0.2, 0.25) is 0 Å². The first-order valence-corrected chi connectivity index (χ1v) is 8.79. The summed E-state index contributed by atoms with van der Waals surface area (Å²) < 4.78 is 5.57. The first-order chi connectivity index (χ1) is 11.9. The molecule has 1 fully saturated rings. The van der Waals surface area contributed by atoms with E-state index in [-0.39, 0.29) is 6.10 Å². The van der Waals surface area contributed by atoms with Gasteiger partial charge in [0.15, 0.2) is 5.60 Å². The Morgan fingerprint density at radius 1 is 1.24 bits per heavy atom. The van der Waals surface area contributed by atoms with Crippen LogP contribution in [-0.4, -0.2) is 35.2 Å². The Labute approximate surface area is 153 Å². The van der Waals surface area contributed by atoms with Crippen LogP contribution in [-0.2, 0) is 21.7 Å². The molecular weight excluding hydrogens is 338 g/mol. The Bertz CT molecular complexity index is 715. The molecule has 0 aromatic heterocycles. The number of halogens is 1. The van der Waals surface area contributed by atoms with E-state index in [4.69, 9.17) is 16.3 Å². The third-order valence-electron chi connectivity index (χ3n) is 4.56. The molecule has 1 N–H and O–H groups in total. The minimum absolute atomic E-state index is 0.199. The second-order valence-corrected chi connectivity index (χ2v) is 7.05. The average molecular weight is 360 g/mol. The highest BCUT2D eigenvalue weighted by Gasteiger charge is 2.37. The van der Waals surface area contributed by atoms with Crippen molar-refractivity contribution >= 4 is 17.6 Å². The van der Waals surface area contributed by atoms with Gasteiger partial charge in [0.1, 0.15) is 6.10 Å². The lowest BCUT2D eigenvalue weighted by Gasteiger charge is -2.24. The Kier molecular flexibility index (Phi) is 5.42. The van der Waals surface area contributed by atoms with Crippen LogP contribution in [0, 0.1) is 0 Å². The molecule has 2 atom stereocenters. The van der Waals surface area contributed by atoms with E-state index in [1.165, 1.54) is 12.5 Å². The Hall–Kier alpha value is -1.88. The summed E-state index contributed by atoms with van der Waals surface area (Å²) in [6, 6.07) is 16.8. The van der Waals surface area contributed by atoms with E-state index in [1.807, 2.05) is 18.2 Å². The minimum atomic E-state index is -1.68. The SMILES string of the molecule is CC(O)(C(=O)OC1CCN(Cc2ccccc2)C1)c1ccc(Cl)cc1. The van der Waals surface area contributed by atoms with Gasteiger partial charge in [0.05, 0.1) is 0 Å². The molecule has 1 heterocycles. The monoisotopic (exact) mass is 359 g/mol. The number of rotatable bonds is 5. The largest absolute Gasteiger partial charge is 0.459 e. The van der Waals surface area contributed by atoms with Crippen molar-refractivity contribution in [3.05, 3.63) is 70.7 Å². The Morgan fingerprint density at radius 3 is 2.60 bits per heavy atom. The van der Waals surface area contributed by atoms with Gasteiger partial charge >= 0.3 is 5.97 Å². The van der Waals surface area contributed by atoms with Gasteiger partial charge in [0, 0.05) is 24.7 Å². The van der Waals surface area contributed by atoms with Crippen molar-refractivity contribution in [3.8, 4) is 0 Å². The van der Waals surface area contributed by atoms with Gasteiger partial charge in [0.25, 0.3) is 0 Å². The average Bonchev–Trinajstić information content (AvgIpc) is 3.03. The molecule has 0 spiro atoms. The normalized spacial score (nSPS) is 20.2. The highest BCUT2D eigenvalue weighted by molar-refractivity contribution is 6.30. The van der Waals surface area contributed by atoms with Crippen LogP contribution >= 0.6 is 11.6 Å². The second kappa shape index (κ2) is 7.56. The van der Waals surface area contributed by atoms with E-state index in [9.17, 15) is 9.90 Å². The van der Waals surface area contributed by atoms with Crippen molar-refractivity contribution in [2.45, 2.75) is 31.6 Å². The number of hydrogen-bond acceptors (Lipinski definition) is 4. The number of likely N-dealkylation sites (tertiary alicyclic amines) is 1. The first-order valence-electron chi connectivity index (χ1n) is 8.41. The molecule has 5 heteroatoms. The molecule has 0 amide bonds. The molecule has 0 bridgehead atoms. The maximum Gasteiger partial charge on any atom is 0.342 e. The summed E-state index contributed by atoms with van der Waals surface area (Å²) in [5.74, 6) is -0.624. The molecule has 4 nitrogen and oxygen atoms in total. The third kappa shape index (κ3) is 4.40. The molecule has 0 aliphatic carbocycles. The van der Waals surface area contributed by atoms with Crippen LogP contribution < -0.4 is 0 Å². The van der Waals surface area contributed by atoms with Gasteiger partial charge in [-0.1, -0.05) is 54.1 Å².